The fourth-order valence-corrected chi connectivity index (χ4v) is 1.86. The molecular weight excluding hydrogens is 203 g/mol. The molecule has 14 heavy (non-hydrogen) atoms. The van der Waals surface area contributed by atoms with Crippen LogP contribution in [0.3, 0.4) is 0 Å². The molecule has 0 saturated heterocycles. The Balaban J connectivity index is 3.06. The lowest BCUT2D eigenvalue weighted by Crippen LogP contribution is -2.56. The molecule has 0 amide bonds. The lowest BCUT2D eigenvalue weighted by atomic mass is 9.53. The van der Waals surface area contributed by atoms with Gasteiger partial charge < -0.3 is 0 Å². The highest BCUT2D eigenvalue weighted by molar-refractivity contribution is 5.37. The van der Waals surface area contributed by atoms with Crippen LogP contribution in [-0.4, -0.2) is 33.4 Å². The van der Waals surface area contributed by atoms with Gasteiger partial charge in [0.2, 0.25) is 0 Å². The van der Waals surface area contributed by atoms with E-state index < -0.39 is 44.2 Å². The first-order chi connectivity index (χ1) is 6.66. The molecule has 0 spiro atoms. The van der Waals surface area contributed by atoms with E-state index in [0.29, 0.717) is 0 Å². The Morgan fingerprint density at radius 1 is 0.857 bits per heavy atom. The van der Waals surface area contributed by atoms with E-state index in [-0.39, 0.29) is 5.57 Å². The van der Waals surface area contributed by atoms with E-state index >= 15 is 0 Å². The normalized spacial score (nSPS) is 22.8. The van der Waals surface area contributed by atoms with E-state index in [0.717, 1.165) is 6.08 Å². The van der Waals surface area contributed by atoms with E-state index in [9.17, 15) is 22.0 Å². The Labute approximate surface area is 78.8 Å². The fourth-order valence-electron chi connectivity index (χ4n) is 1.86. The summed E-state index contributed by atoms with van der Waals surface area (Å²) in [4.78, 5) is 0. The third-order valence-electron chi connectivity index (χ3n) is 3.10. The first kappa shape index (κ1) is 11.5. The van der Waals surface area contributed by atoms with Crippen LogP contribution in [0, 0.1) is 10.8 Å². The molecule has 1 rings (SSSR count). The van der Waals surface area contributed by atoms with Crippen molar-refractivity contribution in [1.29, 1.82) is 0 Å². The van der Waals surface area contributed by atoms with Crippen molar-refractivity contribution in [3.8, 4) is 0 Å². The number of hydrogen-bond acceptors (Lipinski definition) is 0. The fraction of sp³-hybridized carbons (Fsp3) is 0.778. The van der Waals surface area contributed by atoms with Gasteiger partial charge in [-0.3, -0.25) is 8.78 Å². The molecule has 0 radical (unpaired) electrons. The summed E-state index contributed by atoms with van der Waals surface area (Å²) >= 11 is 0. The lowest BCUT2D eigenvalue weighted by Gasteiger charge is -2.51. The predicted molar refractivity (Wildman–Crippen MR) is 42.8 cm³/mol. The molecule has 82 valence electrons. The van der Waals surface area contributed by atoms with Gasteiger partial charge in [0.1, 0.15) is 33.4 Å². The van der Waals surface area contributed by atoms with Gasteiger partial charge in [-0.15, -0.1) is 0 Å². The van der Waals surface area contributed by atoms with Crippen molar-refractivity contribution in [1.82, 2.24) is 0 Å². The Bertz CT molecular complexity index is 227. The Morgan fingerprint density at radius 3 is 1.64 bits per heavy atom. The molecule has 0 aliphatic heterocycles. The van der Waals surface area contributed by atoms with Crippen molar-refractivity contribution in [2.75, 3.05) is 33.4 Å². The summed E-state index contributed by atoms with van der Waals surface area (Å²) in [5.41, 5.74) is -3.87. The average molecular weight is 214 g/mol. The summed E-state index contributed by atoms with van der Waals surface area (Å²) < 4.78 is 62.6. The third kappa shape index (κ3) is 1.10. The molecule has 5 heteroatoms. The Kier molecular flexibility index (Phi) is 3.17. The molecule has 0 aromatic carbocycles. The van der Waals surface area contributed by atoms with Gasteiger partial charge in [-0.25, -0.2) is 13.2 Å². The van der Waals surface area contributed by atoms with E-state index in [1.54, 1.807) is 0 Å². The molecule has 0 nitrogen and oxygen atoms in total. The maximum Gasteiger partial charge on any atom is 0.111 e. The minimum Gasteiger partial charge on any atom is -0.250 e. The van der Waals surface area contributed by atoms with Crippen molar-refractivity contribution in [3.05, 3.63) is 11.6 Å². The predicted octanol–water partition coefficient (Wildman–Crippen LogP) is 2.75. The molecule has 0 unspecified atom stereocenters. The van der Waals surface area contributed by atoms with Crippen LogP contribution in [0.2, 0.25) is 0 Å². The first-order valence-corrected chi connectivity index (χ1v) is 4.18. The number of allylic oxidation sites excluding steroid dienone is 2. The monoisotopic (exact) mass is 214 g/mol. The topological polar surface area (TPSA) is 0 Å². The zero-order valence-corrected chi connectivity index (χ0v) is 7.50. The molecule has 1 aliphatic carbocycles. The van der Waals surface area contributed by atoms with Gasteiger partial charge in [0, 0.05) is 0 Å². The second-order valence-corrected chi connectivity index (χ2v) is 3.58. The summed E-state index contributed by atoms with van der Waals surface area (Å²) in [6.45, 7) is -6.02. The van der Waals surface area contributed by atoms with Gasteiger partial charge in [0.05, 0.1) is 10.8 Å². The molecule has 0 heterocycles. The largest absolute Gasteiger partial charge is 0.250 e. The SMILES string of the molecule is FCC1=CC(CF)(CF)C1(CF)CF. The van der Waals surface area contributed by atoms with Crippen LogP contribution in [0.1, 0.15) is 0 Å². The standard InChI is InChI=1S/C9H11F5/c10-2-7-1-8(3-11,4-12)9(7,5-13)6-14/h1H,2-6H2. The number of alkyl halides is 5. The second kappa shape index (κ2) is 3.87. The second-order valence-electron chi connectivity index (χ2n) is 3.58. The quantitative estimate of drug-likeness (QED) is 0.487. The highest BCUT2D eigenvalue weighted by atomic mass is 19.2. The maximum absolute atomic E-state index is 12.6. The molecule has 0 bridgehead atoms. The minimum atomic E-state index is -1.91. The van der Waals surface area contributed by atoms with Gasteiger partial charge in [-0.05, 0) is 5.57 Å². The summed E-state index contributed by atoms with van der Waals surface area (Å²) in [6.07, 6.45) is 0.978. The summed E-state index contributed by atoms with van der Waals surface area (Å²) in [5.74, 6) is 0. The van der Waals surface area contributed by atoms with Gasteiger partial charge in [0.25, 0.3) is 0 Å². The van der Waals surface area contributed by atoms with E-state index in [4.69, 9.17) is 0 Å². The molecule has 1 aliphatic rings. The van der Waals surface area contributed by atoms with Crippen molar-refractivity contribution < 1.29 is 22.0 Å². The maximum atomic E-state index is 12.6. The number of rotatable bonds is 5. The average Bonchev–Trinajstić information content (AvgIpc) is 2.21. The van der Waals surface area contributed by atoms with Crippen LogP contribution >= 0.6 is 0 Å². The van der Waals surface area contributed by atoms with Crippen molar-refractivity contribution in [2.24, 2.45) is 10.8 Å². The number of hydrogen-bond donors (Lipinski definition) is 0. The van der Waals surface area contributed by atoms with Crippen molar-refractivity contribution in [3.63, 3.8) is 0 Å². The van der Waals surface area contributed by atoms with E-state index in [1.165, 1.54) is 0 Å². The van der Waals surface area contributed by atoms with Gasteiger partial charge >= 0.3 is 0 Å². The lowest BCUT2D eigenvalue weighted by molar-refractivity contribution is -0.0190. The first-order valence-electron chi connectivity index (χ1n) is 4.18. The smallest absolute Gasteiger partial charge is 0.111 e. The number of halogens is 5. The zero-order valence-electron chi connectivity index (χ0n) is 7.50. The van der Waals surface area contributed by atoms with E-state index in [2.05, 4.69) is 0 Å². The molecule has 0 aromatic rings. The van der Waals surface area contributed by atoms with Crippen LogP contribution < -0.4 is 0 Å². The van der Waals surface area contributed by atoms with Crippen LogP contribution in [-0.2, 0) is 0 Å². The van der Waals surface area contributed by atoms with Crippen LogP contribution in [0.25, 0.3) is 0 Å². The Hall–Kier alpha value is -0.610. The Morgan fingerprint density at radius 2 is 1.36 bits per heavy atom. The summed E-state index contributed by atoms with van der Waals surface area (Å²) in [6, 6.07) is 0. The van der Waals surface area contributed by atoms with Crippen molar-refractivity contribution in [2.45, 2.75) is 0 Å². The highest BCUT2D eigenvalue weighted by Crippen LogP contribution is 2.56. The molecule has 0 N–H and O–H groups in total. The van der Waals surface area contributed by atoms with Crippen LogP contribution in [0.15, 0.2) is 11.6 Å². The molecular formula is C9H11F5. The molecule has 0 atom stereocenters. The summed E-state index contributed by atoms with van der Waals surface area (Å²) in [5, 5.41) is 0. The van der Waals surface area contributed by atoms with E-state index in [1.807, 2.05) is 0 Å². The van der Waals surface area contributed by atoms with Gasteiger partial charge in [0.15, 0.2) is 0 Å². The third-order valence-corrected chi connectivity index (χ3v) is 3.10. The van der Waals surface area contributed by atoms with Crippen molar-refractivity contribution >= 4 is 0 Å². The van der Waals surface area contributed by atoms with Gasteiger partial charge in [-0.2, -0.15) is 0 Å². The molecule has 0 fully saturated rings. The summed E-state index contributed by atoms with van der Waals surface area (Å²) in [7, 11) is 0. The van der Waals surface area contributed by atoms with Crippen LogP contribution in [0.5, 0.6) is 0 Å². The zero-order chi connectivity index (χ0) is 10.8. The molecule has 0 saturated carbocycles. The van der Waals surface area contributed by atoms with Crippen LogP contribution in [0.4, 0.5) is 22.0 Å². The van der Waals surface area contributed by atoms with Gasteiger partial charge in [-0.1, -0.05) is 6.08 Å². The minimum absolute atomic E-state index is 0.169. The highest BCUT2D eigenvalue weighted by Gasteiger charge is 2.60. The molecule has 0 aromatic heterocycles.